The Kier molecular flexibility index (Phi) is 4.33. The molecule has 5 N–H and O–H groups in total. The number of benzene rings is 1. The summed E-state index contributed by atoms with van der Waals surface area (Å²) in [5.41, 5.74) is 0.314. The lowest BCUT2D eigenvalue weighted by Crippen LogP contribution is -2.60. The summed E-state index contributed by atoms with van der Waals surface area (Å²) < 4.78 is 10.9. The summed E-state index contributed by atoms with van der Waals surface area (Å²) in [7, 11) is 0. The molecule has 0 amide bonds. The van der Waals surface area contributed by atoms with E-state index in [9.17, 15) is 25.5 Å². The minimum absolute atomic E-state index is 0.0262. The largest absolute Gasteiger partial charge is 0.506 e. The maximum Gasteiger partial charge on any atom is 0.229 e. The Hall–Kier alpha value is -1.97. The van der Waals surface area contributed by atoms with Crippen molar-refractivity contribution in [1.82, 2.24) is 4.98 Å². The van der Waals surface area contributed by atoms with E-state index in [2.05, 4.69) is 4.98 Å². The average molecular weight is 323 g/mol. The lowest BCUT2D eigenvalue weighted by Gasteiger charge is -2.39. The van der Waals surface area contributed by atoms with Crippen LogP contribution in [0.25, 0.3) is 10.9 Å². The average Bonchev–Trinajstić information content (AvgIpc) is 2.58. The maximum absolute atomic E-state index is 10.0. The van der Waals surface area contributed by atoms with Crippen molar-refractivity contribution in [1.29, 1.82) is 0 Å². The molecule has 0 unspecified atom stereocenters. The van der Waals surface area contributed by atoms with Gasteiger partial charge in [-0.3, -0.25) is 4.98 Å². The van der Waals surface area contributed by atoms with Crippen molar-refractivity contribution in [3.63, 3.8) is 0 Å². The lowest BCUT2D eigenvalue weighted by atomic mass is 9.99. The number of phenols is 1. The number of aromatic hydroxyl groups is 1. The second-order valence-corrected chi connectivity index (χ2v) is 5.30. The third kappa shape index (κ3) is 2.82. The number of hydrogen-bond acceptors (Lipinski definition) is 8. The van der Waals surface area contributed by atoms with Crippen LogP contribution in [0.15, 0.2) is 30.5 Å². The smallest absolute Gasteiger partial charge is 0.229 e. The first kappa shape index (κ1) is 15.9. The van der Waals surface area contributed by atoms with Crippen molar-refractivity contribution in [2.24, 2.45) is 0 Å². The van der Waals surface area contributed by atoms with Gasteiger partial charge in [0.15, 0.2) is 0 Å². The highest BCUT2D eigenvalue weighted by Gasteiger charge is 2.44. The molecule has 2 heterocycles. The number of pyridine rings is 1. The molecule has 0 aliphatic carbocycles. The van der Waals surface area contributed by atoms with Crippen LogP contribution in [0.1, 0.15) is 0 Å². The monoisotopic (exact) mass is 323 g/mol. The van der Waals surface area contributed by atoms with Crippen LogP contribution in [0.5, 0.6) is 11.5 Å². The first-order valence-electron chi connectivity index (χ1n) is 7.07. The van der Waals surface area contributed by atoms with E-state index in [1.54, 1.807) is 12.1 Å². The molecule has 0 radical (unpaired) electrons. The van der Waals surface area contributed by atoms with E-state index in [-0.39, 0.29) is 11.5 Å². The van der Waals surface area contributed by atoms with Crippen LogP contribution in [0.2, 0.25) is 0 Å². The molecule has 0 saturated carbocycles. The molecule has 3 rings (SSSR count). The second-order valence-electron chi connectivity index (χ2n) is 5.30. The van der Waals surface area contributed by atoms with Crippen LogP contribution in [0.3, 0.4) is 0 Å². The van der Waals surface area contributed by atoms with Gasteiger partial charge in [-0.05, 0) is 24.3 Å². The number of phenolic OH excluding ortho intramolecular Hbond substituents is 1. The fourth-order valence-electron chi connectivity index (χ4n) is 2.52. The van der Waals surface area contributed by atoms with Gasteiger partial charge in [0.25, 0.3) is 0 Å². The van der Waals surface area contributed by atoms with Crippen LogP contribution in [-0.2, 0) is 4.74 Å². The summed E-state index contributed by atoms with van der Waals surface area (Å²) >= 11 is 0. The Morgan fingerprint density at radius 2 is 1.87 bits per heavy atom. The Bertz CT molecular complexity index is 693. The molecule has 8 heteroatoms. The quantitative estimate of drug-likeness (QED) is 0.492. The van der Waals surface area contributed by atoms with Crippen molar-refractivity contribution in [3.8, 4) is 11.5 Å². The van der Waals surface area contributed by atoms with Crippen molar-refractivity contribution in [2.45, 2.75) is 30.7 Å². The Morgan fingerprint density at radius 1 is 1.09 bits per heavy atom. The van der Waals surface area contributed by atoms with Crippen LogP contribution in [0, 0.1) is 0 Å². The molecule has 1 aromatic heterocycles. The fraction of sp³-hybridized carbons (Fsp3) is 0.400. The minimum Gasteiger partial charge on any atom is -0.506 e. The number of ether oxygens (including phenoxy) is 2. The van der Waals surface area contributed by atoms with Crippen molar-refractivity contribution in [2.75, 3.05) is 6.61 Å². The van der Waals surface area contributed by atoms with E-state index in [4.69, 9.17) is 9.47 Å². The van der Waals surface area contributed by atoms with Gasteiger partial charge in [-0.2, -0.15) is 0 Å². The predicted molar refractivity (Wildman–Crippen MR) is 77.8 cm³/mol. The van der Waals surface area contributed by atoms with Gasteiger partial charge >= 0.3 is 0 Å². The van der Waals surface area contributed by atoms with Gasteiger partial charge in [0.05, 0.1) is 6.61 Å². The minimum atomic E-state index is -1.52. The topological polar surface area (TPSA) is 132 Å². The zero-order valence-electron chi connectivity index (χ0n) is 12.0. The van der Waals surface area contributed by atoms with E-state index in [1.807, 2.05) is 0 Å². The lowest BCUT2D eigenvalue weighted by molar-refractivity contribution is -0.277. The molecule has 1 aliphatic rings. The van der Waals surface area contributed by atoms with E-state index in [0.717, 1.165) is 0 Å². The van der Waals surface area contributed by atoms with Gasteiger partial charge < -0.3 is 35.0 Å². The van der Waals surface area contributed by atoms with E-state index >= 15 is 0 Å². The van der Waals surface area contributed by atoms with Gasteiger partial charge in [0.2, 0.25) is 6.29 Å². The first-order valence-corrected chi connectivity index (χ1v) is 7.07. The number of fused-ring (bicyclic) bond motifs is 1. The molecule has 1 saturated heterocycles. The third-order valence-corrected chi connectivity index (χ3v) is 3.80. The fourth-order valence-corrected chi connectivity index (χ4v) is 2.52. The molecule has 8 nitrogen and oxygen atoms in total. The highest BCUT2D eigenvalue weighted by molar-refractivity contribution is 5.89. The summed E-state index contributed by atoms with van der Waals surface area (Å²) in [6.07, 6.45) is -5.31. The van der Waals surface area contributed by atoms with Crippen LogP contribution >= 0.6 is 0 Å². The molecule has 2 aromatic rings. The van der Waals surface area contributed by atoms with Gasteiger partial charge in [-0.15, -0.1) is 0 Å². The molecule has 1 fully saturated rings. The molecule has 23 heavy (non-hydrogen) atoms. The standard InChI is InChI=1S/C15H17NO7/c17-6-10-12(19)13(20)14(21)15(23-10)22-9-4-3-8(18)11-7(9)2-1-5-16-11/h1-5,10,12-15,17-21H,6H2/t10-,12-,13+,14-,15-/m1/s1. The first-order chi connectivity index (χ1) is 11.0. The van der Waals surface area contributed by atoms with Gasteiger partial charge in [0, 0.05) is 11.6 Å². The number of hydrogen-bond donors (Lipinski definition) is 5. The Balaban J connectivity index is 1.91. The van der Waals surface area contributed by atoms with Crippen LogP contribution in [-0.4, -0.2) is 67.8 Å². The highest BCUT2D eigenvalue weighted by Crippen LogP contribution is 2.33. The summed E-state index contributed by atoms with van der Waals surface area (Å²) in [4.78, 5) is 4.05. The summed E-state index contributed by atoms with van der Waals surface area (Å²) in [5, 5.41) is 49.0. The van der Waals surface area contributed by atoms with Crippen molar-refractivity contribution in [3.05, 3.63) is 30.5 Å². The van der Waals surface area contributed by atoms with E-state index in [0.29, 0.717) is 10.9 Å². The summed E-state index contributed by atoms with van der Waals surface area (Å²) in [6.45, 7) is -0.539. The Labute approximate surface area is 131 Å². The molecule has 0 spiro atoms. The van der Waals surface area contributed by atoms with Crippen LogP contribution < -0.4 is 4.74 Å². The number of aliphatic hydroxyl groups excluding tert-OH is 4. The molecule has 1 aliphatic heterocycles. The van der Waals surface area contributed by atoms with E-state index < -0.39 is 37.3 Å². The third-order valence-electron chi connectivity index (χ3n) is 3.80. The SMILES string of the molecule is OC[C@H]1O[C@@H](Oc2ccc(O)c3ncccc23)[C@H](O)[C@@H](O)[C@@H]1O. The molecule has 1 aromatic carbocycles. The van der Waals surface area contributed by atoms with Gasteiger partial charge in [-0.1, -0.05) is 0 Å². The van der Waals surface area contributed by atoms with Crippen molar-refractivity contribution >= 4 is 10.9 Å². The zero-order chi connectivity index (χ0) is 16.6. The summed E-state index contributed by atoms with van der Waals surface area (Å²) in [5.74, 6) is 0.247. The summed E-state index contributed by atoms with van der Waals surface area (Å²) in [6, 6.07) is 6.18. The molecular weight excluding hydrogens is 306 g/mol. The molecule has 124 valence electrons. The number of rotatable bonds is 3. The molecule has 5 atom stereocenters. The maximum atomic E-state index is 10.0. The molecule has 0 bridgehead atoms. The number of aromatic nitrogens is 1. The predicted octanol–water partition coefficient (Wildman–Crippen LogP) is -0.881. The molecular formula is C15H17NO7. The van der Waals surface area contributed by atoms with Gasteiger partial charge in [0.1, 0.15) is 41.4 Å². The van der Waals surface area contributed by atoms with E-state index in [1.165, 1.54) is 18.3 Å². The Morgan fingerprint density at radius 3 is 2.61 bits per heavy atom. The van der Waals surface area contributed by atoms with Gasteiger partial charge in [-0.25, -0.2) is 0 Å². The number of aliphatic hydroxyl groups is 4. The highest BCUT2D eigenvalue weighted by atomic mass is 16.7. The zero-order valence-corrected chi connectivity index (χ0v) is 12.0. The second kappa shape index (κ2) is 6.26. The van der Waals surface area contributed by atoms with Crippen LogP contribution in [0.4, 0.5) is 0 Å². The number of nitrogens with zero attached hydrogens (tertiary/aromatic N) is 1. The normalized spacial score (nSPS) is 31.2. The van der Waals surface area contributed by atoms with Crippen molar-refractivity contribution < 1.29 is 35.0 Å².